The quantitative estimate of drug-likeness (QED) is 0.633. The van der Waals surface area contributed by atoms with Crippen molar-refractivity contribution in [2.45, 2.75) is 19.8 Å². The van der Waals surface area contributed by atoms with Gasteiger partial charge in [-0.15, -0.1) is 0 Å². The van der Waals surface area contributed by atoms with E-state index in [-0.39, 0.29) is 0 Å². The van der Waals surface area contributed by atoms with Crippen LogP contribution in [0.15, 0.2) is 48.5 Å². The fraction of sp³-hybridized carbons (Fsp3) is 0.417. The first kappa shape index (κ1) is 19.0. The van der Waals surface area contributed by atoms with Crippen LogP contribution in [0.3, 0.4) is 0 Å². The maximum atomic E-state index is 6.38. The van der Waals surface area contributed by atoms with Gasteiger partial charge in [-0.2, -0.15) is 0 Å². The smallest absolute Gasteiger partial charge is 0.204 e. The summed E-state index contributed by atoms with van der Waals surface area (Å²) in [7, 11) is 4.32. The molecule has 1 aliphatic rings. The number of benzene rings is 2. The predicted octanol–water partition coefficient (Wildman–Crippen LogP) is 4.46. The van der Waals surface area contributed by atoms with Crippen LogP contribution in [0.1, 0.15) is 17.5 Å². The van der Waals surface area contributed by atoms with Crippen LogP contribution in [0, 0.1) is 6.92 Å². The summed E-state index contributed by atoms with van der Waals surface area (Å²) in [6.45, 7) is 7.97. The Labute approximate surface area is 168 Å². The molecule has 0 radical (unpaired) electrons. The van der Waals surface area contributed by atoms with E-state index in [2.05, 4.69) is 83.9 Å². The van der Waals surface area contributed by atoms with Crippen molar-refractivity contribution in [2.75, 3.05) is 39.8 Å². The molecule has 1 aromatic heterocycles. The SMILES string of the molecule is Cc1ccc(Oc2c(CCCN3CCN(C)CC3)c3ccccc3n2C)cc1. The van der Waals surface area contributed by atoms with E-state index in [0.29, 0.717) is 0 Å². The summed E-state index contributed by atoms with van der Waals surface area (Å²) < 4.78 is 8.57. The second kappa shape index (κ2) is 8.38. The van der Waals surface area contributed by atoms with Gasteiger partial charge in [-0.3, -0.25) is 0 Å². The number of aryl methyl sites for hydroxylation is 3. The van der Waals surface area contributed by atoms with Crippen molar-refractivity contribution in [1.82, 2.24) is 14.4 Å². The van der Waals surface area contributed by atoms with Gasteiger partial charge in [0, 0.05) is 44.2 Å². The number of para-hydroxylation sites is 1. The zero-order valence-corrected chi connectivity index (χ0v) is 17.3. The van der Waals surface area contributed by atoms with Gasteiger partial charge < -0.3 is 19.1 Å². The van der Waals surface area contributed by atoms with Gasteiger partial charge in [0.2, 0.25) is 5.88 Å². The van der Waals surface area contributed by atoms with E-state index in [1.807, 2.05) is 0 Å². The Balaban J connectivity index is 1.54. The normalized spacial score (nSPS) is 16.0. The first-order chi connectivity index (χ1) is 13.6. The van der Waals surface area contributed by atoms with Gasteiger partial charge in [0.15, 0.2) is 0 Å². The largest absolute Gasteiger partial charge is 0.441 e. The van der Waals surface area contributed by atoms with E-state index in [4.69, 9.17) is 4.74 Å². The summed E-state index contributed by atoms with van der Waals surface area (Å²) >= 11 is 0. The van der Waals surface area contributed by atoms with Crippen LogP contribution >= 0.6 is 0 Å². The Hall–Kier alpha value is -2.30. The van der Waals surface area contributed by atoms with Gasteiger partial charge in [-0.25, -0.2) is 0 Å². The van der Waals surface area contributed by atoms with Crippen LogP contribution in [0.2, 0.25) is 0 Å². The van der Waals surface area contributed by atoms with Gasteiger partial charge in [0.1, 0.15) is 5.75 Å². The summed E-state index contributed by atoms with van der Waals surface area (Å²) in [5.41, 5.74) is 3.81. The highest BCUT2D eigenvalue weighted by atomic mass is 16.5. The first-order valence-electron chi connectivity index (χ1n) is 10.3. The minimum atomic E-state index is 0.900. The van der Waals surface area contributed by atoms with E-state index >= 15 is 0 Å². The Kier molecular flexibility index (Phi) is 5.69. The highest BCUT2D eigenvalue weighted by molar-refractivity contribution is 5.87. The number of fused-ring (bicyclic) bond motifs is 1. The zero-order chi connectivity index (χ0) is 19.5. The molecule has 0 saturated carbocycles. The third kappa shape index (κ3) is 4.08. The number of aromatic nitrogens is 1. The van der Waals surface area contributed by atoms with Gasteiger partial charge in [-0.1, -0.05) is 35.9 Å². The van der Waals surface area contributed by atoms with Crippen LogP contribution in [0.4, 0.5) is 0 Å². The molecular weight excluding hydrogens is 346 g/mol. The lowest BCUT2D eigenvalue weighted by atomic mass is 10.1. The molecule has 1 aliphatic heterocycles. The number of hydrogen-bond donors (Lipinski definition) is 0. The van der Waals surface area contributed by atoms with E-state index < -0.39 is 0 Å². The second-order valence-electron chi connectivity index (χ2n) is 8.02. The molecule has 0 unspecified atom stereocenters. The average molecular weight is 378 g/mol. The van der Waals surface area contributed by atoms with Gasteiger partial charge in [0.25, 0.3) is 0 Å². The van der Waals surface area contributed by atoms with Gasteiger partial charge in [-0.05, 0) is 51.6 Å². The molecule has 2 heterocycles. The van der Waals surface area contributed by atoms with Crippen LogP contribution < -0.4 is 4.74 Å². The topological polar surface area (TPSA) is 20.6 Å². The van der Waals surface area contributed by atoms with Crippen molar-refractivity contribution in [2.24, 2.45) is 7.05 Å². The minimum Gasteiger partial charge on any atom is -0.441 e. The number of piperazine rings is 1. The summed E-state index contributed by atoms with van der Waals surface area (Å²) in [6.07, 6.45) is 2.19. The number of hydrogen-bond acceptors (Lipinski definition) is 3. The maximum Gasteiger partial charge on any atom is 0.204 e. The molecule has 1 saturated heterocycles. The number of ether oxygens (including phenoxy) is 1. The van der Waals surface area contributed by atoms with Crippen molar-refractivity contribution < 1.29 is 4.74 Å². The Morgan fingerprint density at radius 2 is 1.61 bits per heavy atom. The molecule has 0 atom stereocenters. The molecule has 4 rings (SSSR count). The van der Waals surface area contributed by atoms with Crippen molar-refractivity contribution in [1.29, 1.82) is 0 Å². The molecule has 28 heavy (non-hydrogen) atoms. The van der Waals surface area contributed by atoms with Crippen molar-refractivity contribution in [3.63, 3.8) is 0 Å². The summed E-state index contributed by atoms with van der Waals surface area (Å²) in [5.74, 6) is 1.88. The number of rotatable bonds is 6. The third-order valence-electron chi connectivity index (χ3n) is 5.89. The molecule has 4 nitrogen and oxygen atoms in total. The van der Waals surface area contributed by atoms with Crippen LogP contribution in [-0.4, -0.2) is 54.1 Å². The molecular formula is C24H31N3O. The first-order valence-corrected chi connectivity index (χ1v) is 10.3. The lowest BCUT2D eigenvalue weighted by Gasteiger charge is -2.32. The molecule has 2 aromatic carbocycles. The highest BCUT2D eigenvalue weighted by Gasteiger charge is 2.18. The molecule has 4 heteroatoms. The molecule has 0 spiro atoms. The summed E-state index contributed by atoms with van der Waals surface area (Å²) in [5, 5.41) is 1.31. The highest BCUT2D eigenvalue weighted by Crippen LogP contribution is 2.35. The molecule has 148 valence electrons. The molecule has 0 bridgehead atoms. The third-order valence-corrected chi connectivity index (χ3v) is 5.89. The Bertz CT molecular complexity index is 921. The second-order valence-corrected chi connectivity index (χ2v) is 8.02. The van der Waals surface area contributed by atoms with Crippen molar-refractivity contribution in [3.05, 3.63) is 59.7 Å². The molecule has 1 fully saturated rings. The maximum absolute atomic E-state index is 6.38. The van der Waals surface area contributed by atoms with Gasteiger partial charge in [0.05, 0.1) is 5.52 Å². The van der Waals surface area contributed by atoms with Gasteiger partial charge >= 0.3 is 0 Å². The van der Waals surface area contributed by atoms with Crippen molar-refractivity contribution >= 4 is 10.9 Å². The van der Waals surface area contributed by atoms with E-state index in [1.54, 1.807) is 0 Å². The zero-order valence-electron chi connectivity index (χ0n) is 17.3. The van der Waals surface area contributed by atoms with Crippen LogP contribution in [0.5, 0.6) is 11.6 Å². The minimum absolute atomic E-state index is 0.900. The average Bonchev–Trinajstić information content (AvgIpc) is 2.97. The fourth-order valence-electron chi connectivity index (χ4n) is 4.09. The lowest BCUT2D eigenvalue weighted by Crippen LogP contribution is -2.44. The predicted molar refractivity (Wildman–Crippen MR) is 116 cm³/mol. The molecule has 0 amide bonds. The summed E-state index contributed by atoms with van der Waals surface area (Å²) in [6, 6.07) is 17.0. The van der Waals surface area contributed by atoms with E-state index in [9.17, 15) is 0 Å². The Morgan fingerprint density at radius 3 is 2.36 bits per heavy atom. The van der Waals surface area contributed by atoms with Crippen molar-refractivity contribution in [3.8, 4) is 11.6 Å². The molecule has 3 aromatic rings. The standard InChI is InChI=1S/C24H31N3O/c1-19-10-12-20(13-11-19)28-24-22(21-7-4-5-9-23(21)26(24)3)8-6-14-27-17-15-25(2)16-18-27/h4-5,7,9-13H,6,8,14-18H2,1-3H3. The summed E-state index contributed by atoms with van der Waals surface area (Å²) in [4.78, 5) is 5.00. The van der Waals surface area contributed by atoms with Crippen LogP contribution in [0.25, 0.3) is 10.9 Å². The number of nitrogens with zero attached hydrogens (tertiary/aromatic N) is 3. The molecule has 0 aliphatic carbocycles. The molecule has 0 N–H and O–H groups in total. The lowest BCUT2D eigenvalue weighted by molar-refractivity contribution is 0.153. The van der Waals surface area contributed by atoms with E-state index in [0.717, 1.165) is 31.0 Å². The monoisotopic (exact) mass is 377 g/mol. The Morgan fingerprint density at radius 1 is 0.893 bits per heavy atom. The van der Waals surface area contributed by atoms with Crippen LogP contribution in [-0.2, 0) is 13.5 Å². The number of likely N-dealkylation sites (N-methyl/N-ethyl adjacent to an activating group) is 1. The van der Waals surface area contributed by atoms with E-state index in [1.165, 1.54) is 48.2 Å². The fourth-order valence-corrected chi connectivity index (χ4v) is 4.09.